The van der Waals surface area contributed by atoms with E-state index >= 15 is 0 Å². The summed E-state index contributed by atoms with van der Waals surface area (Å²) in [6.45, 7) is 2.91. The van der Waals surface area contributed by atoms with Crippen molar-refractivity contribution in [1.82, 2.24) is 5.01 Å². The van der Waals surface area contributed by atoms with Gasteiger partial charge in [0.25, 0.3) is 0 Å². The standard InChI is InChI=1S/C12H14N2O4/c1-3-18-12(17)14(10(2)16)13(9-15)11-7-5-4-6-8-11/h4-9H,3H2,1-2H3. The first kappa shape index (κ1) is 13.7. The molecule has 1 aromatic rings. The van der Waals surface area contributed by atoms with E-state index < -0.39 is 12.0 Å². The van der Waals surface area contributed by atoms with Gasteiger partial charge in [0.2, 0.25) is 12.3 Å². The molecule has 0 saturated carbocycles. The molecular weight excluding hydrogens is 236 g/mol. The van der Waals surface area contributed by atoms with Crippen molar-refractivity contribution in [3.63, 3.8) is 0 Å². The molecule has 0 fully saturated rings. The minimum absolute atomic E-state index is 0.115. The van der Waals surface area contributed by atoms with Gasteiger partial charge in [-0.15, -0.1) is 5.01 Å². The van der Waals surface area contributed by atoms with E-state index in [0.29, 0.717) is 17.1 Å². The molecule has 0 saturated heterocycles. The van der Waals surface area contributed by atoms with Crippen LogP contribution in [0.4, 0.5) is 10.5 Å². The normalized spacial score (nSPS) is 9.44. The predicted molar refractivity (Wildman–Crippen MR) is 64.5 cm³/mol. The lowest BCUT2D eigenvalue weighted by atomic mass is 10.3. The number of ether oxygens (including phenoxy) is 1. The number of para-hydroxylation sites is 1. The Balaban J connectivity index is 3.06. The zero-order valence-corrected chi connectivity index (χ0v) is 10.2. The van der Waals surface area contributed by atoms with Gasteiger partial charge in [0.05, 0.1) is 12.3 Å². The molecule has 0 spiro atoms. The lowest BCUT2D eigenvalue weighted by Gasteiger charge is -2.27. The van der Waals surface area contributed by atoms with Gasteiger partial charge in [-0.05, 0) is 19.1 Å². The number of anilines is 1. The van der Waals surface area contributed by atoms with E-state index in [1.54, 1.807) is 37.3 Å². The molecule has 6 heteroatoms. The fourth-order valence-electron chi connectivity index (χ4n) is 1.36. The van der Waals surface area contributed by atoms with Crippen molar-refractivity contribution in [3.8, 4) is 0 Å². The highest BCUT2D eigenvalue weighted by atomic mass is 16.6. The number of carbonyl (C=O) groups excluding carboxylic acids is 3. The Hall–Kier alpha value is -2.37. The first-order chi connectivity index (χ1) is 8.61. The van der Waals surface area contributed by atoms with Gasteiger partial charge < -0.3 is 4.74 Å². The van der Waals surface area contributed by atoms with Crippen LogP contribution in [0.2, 0.25) is 0 Å². The third-order valence-corrected chi connectivity index (χ3v) is 2.08. The largest absolute Gasteiger partial charge is 0.448 e. The summed E-state index contributed by atoms with van der Waals surface area (Å²) >= 11 is 0. The summed E-state index contributed by atoms with van der Waals surface area (Å²) in [5.41, 5.74) is 0.399. The van der Waals surface area contributed by atoms with Crippen molar-refractivity contribution >= 4 is 24.1 Å². The van der Waals surface area contributed by atoms with E-state index in [1.165, 1.54) is 6.92 Å². The van der Waals surface area contributed by atoms with Crippen LogP contribution in [-0.4, -0.2) is 30.0 Å². The first-order valence-corrected chi connectivity index (χ1v) is 5.38. The number of imide groups is 1. The van der Waals surface area contributed by atoms with E-state index in [-0.39, 0.29) is 6.61 Å². The number of benzene rings is 1. The second-order valence-corrected chi connectivity index (χ2v) is 3.32. The molecule has 18 heavy (non-hydrogen) atoms. The quantitative estimate of drug-likeness (QED) is 0.601. The van der Waals surface area contributed by atoms with Crippen LogP contribution in [0.1, 0.15) is 13.8 Å². The minimum Gasteiger partial charge on any atom is -0.448 e. The Labute approximate surface area is 105 Å². The summed E-state index contributed by atoms with van der Waals surface area (Å²) in [4.78, 5) is 34.2. The van der Waals surface area contributed by atoms with Crippen molar-refractivity contribution in [3.05, 3.63) is 30.3 Å². The first-order valence-electron chi connectivity index (χ1n) is 5.38. The molecule has 1 rings (SSSR count). The number of nitrogens with zero attached hydrogens (tertiary/aromatic N) is 2. The van der Waals surface area contributed by atoms with Gasteiger partial charge in [-0.2, -0.15) is 0 Å². The average Bonchev–Trinajstić information content (AvgIpc) is 2.36. The Morgan fingerprint density at radius 3 is 2.33 bits per heavy atom. The molecule has 0 radical (unpaired) electrons. The Bertz CT molecular complexity index is 433. The second-order valence-electron chi connectivity index (χ2n) is 3.32. The Kier molecular flexibility index (Phi) is 4.86. The summed E-state index contributed by atoms with van der Waals surface area (Å²) in [7, 11) is 0. The molecule has 0 heterocycles. The Morgan fingerprint density at radius 2 is 1.89 bits per heavy atom. The van der Waals surface area contributed by atoms with E-state index in [0.717, 1.165) is 5.01 Å². The molecule has 0 bridgehead atoms. The number of amides is 3. The number of hydrogen-bond donors (Lipinski definition) is 0. The molecule has 3 amide bonds. The van der Waals surface area contributed by atoms with Gasteiger partial charge in [-0.3, -0.25) is 9.59 Å². The van der Waals surface area contributed by atoms with E-state index in [2.05, 4.69) is 0 Å². The summed E-state index contributed by atoms with van der Waals surface area (Å²) in [6, 6.07) is 8.34. The lowest BCUT2D eigenvalue weighted by Crippen LogP contribution is -2.49. The molecular formula is C12H14N2O4. The van der Waals surface area contributed by atoms with Crippen LogP contribution in [-0.2, 0) is 14.3 Å². The number of hydrogen-bond acceptors (Lipinski definition) is 4. The fourth-order valence-corrected chi connectivity index (χ4v) is 1.36. The third kappa shape index (κ3) is 3.07. The van der Waals surface area contributed by atoms with Gasteiger partial charge in [0.15, 0.2) is 0 Å². The number of hydrazine groups is 1. The van der Waals surface area contributed by atoms with Crippen molar-refractivity contribution in [2.24, 2.45) is 0 Å². The summed E-state index contributed by atoms with van der Waals surface area (Å²) in [5, 5.41) is 1.55. The monoisotopic (exact) mass is 250 g/mol. The lowest BCUT2D eigenvalue weighted by molar-refractivity contribution is -0.130. The Morgan fingerprint density at radius 1 is 1.28 bits per heavy atom. The zero-order valence-electron chi connectivity index (χ0n) is 10.2. The second kappa shape index (κ2) is 6.39. The molecule has 0 unspecified atom stereocenters. The summed E-state index contributed by atoms with van der Waals surface area (Å²) in [6.07, 6.45) is -0.505. The maximum Gasteiger partial charge on any atom is 0.436 e. The van der Waals surface area contributed by atoms with Crippen molar-refractivity contribution in [2.75, 3.05) is 11.6 Å². The van der Waals surface area contributed by atoms with E-state index in [9.17, 15) is 14.4 Å². The van der Waals surface area contributed by atoms with Crippen molar-refractivity contribution in [1.29, 1.82) is 0 Å². The highest BCUT2D eigenvalue weighted by Gasteiger charge is 2.27. The molecule has 0 aromatic heterocycles. The van der Waals surface area contributed by atoms with Crippen LogP contribution in [0.3, 0.4) is 0 Å². The molecule has 0 N–H and O–H groups in total. The van der Waals surface area contributed by atoms with Crippen LogP contribution in [0, 0.1) is 0 Å². The van der Waals surface area contributed by atoms with Crippen LogP contribution in [0.15, 0.2) is 30.3 Å². The van der Waals surface area contributed by atoms with Crippen molar-refractivity contribution < 1.29 is 19.1 Å². The SMILES string of the molecule is CCOC(=O)N(C(C)=O)N(C=O)c1ccccc1. The average molecular weight is 250 g/mol. The number of carbonyl (C=O) groups is 3. The van der Waals surface area contributed by atoms with Gasteiger partial charge in [0, 0.05) is 6.92 Å². The molecule has 6 nitrogen and oxygen atoms in total. The topological polar surface area (TPSA) is 66.9 Å². The summed E-state index contributed by atoms with van der Waals surface area (Å²) < 4.78 is 4.74. The van der Waals surface area contributed by atoms with Crippen LogP contribution < -0.4 is 5.01 Å². The van der Waals surface area contributed by atoms with Crippen LogP contribution >= 0.6 is 0 Å². The van der Waals surface area contributed by atoms with Gasteiger partial charge >= 0.3 is 6.09 Å². The highest BCUT2D eigenvalue weighted by molar-refractivity contribution is 5.96. The smallest absolute Gasteiger partial charge is 0.436 e. The summed E-state index contributed by atoms with van der Waals surface area (Å²) in [5.74, 6) is -0.607. The molecule has 0 atom stereocenters. The fraction of sp³-hybridized carbons (Fsp3) is 0.250. The van der Waals surface area contributed by atoms with Crippen LogP contribution in [0.25, 0.3) is 0 Å². The number of rotatable bonds is 4. The van der Waals surface area contributed by atoms with E-state index in [1.807, 2.05) is 0 Å². The maximum atomic E-state index is 11.6. The minimum atomic E-state index is -0.888. The van der Waals surface area contributed by atoms with Gasteiger partial charge in [-0.25, -0.2) is 9.80 Å². The molecule has 96 valence electrons. The molecule has 0 aliphatic carbocycles. The molecule has 0 aliphatic heterocycles. The zero-order chi connectivity index (χ0) is 13.5. The predicted octanol–water partition coefficient (Wildman–Crippen LogP) is 1.57. The van der Waals surface area contributed by atoms with E-state index in [4.69, 9.17) is 4.74 Å². The maximum absolute atomic E-state index is 11.6. The molecule has 1 aromatic carbocycles. The van der Waals surface area contributed by atoms with Crippen LogP contribution in [0.5, 0.6) is 0 Å². The van der Waals surface area contributed by atoms with Gasteiger partial charge in [0.1, 0.15) is 0 Å². The highest BCUT2D eigenvalue weighted by Crippen LogP contribution is 2.15. The third-order valence-electron chi connectivity index (χ3n) is 2.08. The van der Waals surface area contributed by atoms with Gasteiger partial charge in [-0.1, -0.05) is 18.2 Å². The van der Waals surface area contributed by atoms with Crippen molar-refractivity contribution in [2.45, 2.75) is 13.8 Å². The molecule has 0 aliphatic rings.